The van der Waals surface area contributed by atoms with Crippen molar-refractivity contribution in [3.8, 4) is 39.9 Å². The summed E-state index contributed by atoms with van der Waals surface area (Å²) < 4.78 is 19.5. The molecule has 0 amide bonds. The van der Waals surface area contributed by atoms with E-state index in [4.69, 9.17) is 28.5 Å². The SMILES string of the molecule is C1=CC2Oc3ccc(-c4nc(-c5ccccc5)nc(-c5cccc6c5oc5ccccc56)n4)cc3C2C(c2cccc3c2oc2ccccc23)=C1. The van der Waals surface area contributed by atoms with E-state index in [2.05, 4.69) is 66.8 Å². The molecule has 240 valence electrons. The lowest BCUT2D eigenvalue weighted by atomic mass is 9.80. The Bertz CT molecular complexity index is 2920. The molecule has 1 aliphatic carbocycles. The van der Waals surface area contributed by atoms with Gasteiger partial charge in [-0.3, -0.25) is 0 Å². The molecule has 0 N–H and O–H groups in total. The smallest absolute Gasteiger partial charge is 0.167 e. The molecule has 0 spiro atoms. The predicted octanol–water partition coefficient (Wildman–Crippen LogP) is 11.2. The number of benzene rings is 6. The molecule has 2 unspecified atom stereocenters. The van der Waals surface area contributed by atoms with Crippen molar-refractivity contribution in [3.05, 3.63) is 163 Å². The molecule has 0 saturated heterocycles. The first-order valence-corrected chi connectivity index (χ1v) is 17.1. The Morgan fingerprint density at radius 1 is 0.490 bits per heavy atom. The molecule has 2 aliphatic rings. The Morgan fingerprint density at radius 2 is 1.10 bits per heavy atom. The maximum Gasteiger partial charge on any atom is 0.167 e. The van der Waals surface area contributed by atoms with Crippen molar-refractivity contribution in [2.45, 2.75) is 12.0 Å². The molecule has 0 radical (unpaired) electrons. The lowest BCUT2D eigenvalue weighted by molar-refractivity contribution is 0.271. The molecule has 2 atom stereocenters. The Morgan fingerprint density at radius 3 is 1.84 bits per heavy atom. The lowest BCUT2D eigenvalue weighted by Crippen LogP contribution is -2.19. The highest BCUT2D eigenvalue weighted by atomic mass is 16.5. The van der Waals surface area contributed by atoms with Gasteiger partial charge in [-0.2, -0.15) is 0 Å². The minimum Gasteiger partial charge on any atom is -0.485 e. The summed E-state index contributed by atoms with van der Waals surface area (Å²) >= 11 is 0. The molecular weight excluding hydrogens is 631 g/mol. The highest BCUT2D eigenvalue weighted by Crippen LogP contribution is 2.50. The summed E-state index contributed by atoms with van der Waals surface area (Å²) in [5, 5.41) is 4.30. The van der Waals surface area contributed by atoms with E-state index in [9.17, 15) is 0 Å². The molecular formula is C45H27N3O3. The number of allylic oxidation sites excluding steroid dienone is 2. The largest absolute Gasteiger partial charge is 0.485 e. The van der Waals surface area contributed by atoms with Gasteiger partial charge in [-0.25, -0.2) is 15.0 Å². The Labute approximate surface area is 292 Å². The number of para-hydroxylation sites is 4. The summed E-state index contributed by atoms with van der Waals surface area (Å²) in [4.78, 5) is 15.2. The average molecular weight is 658 g/mol. The molecule has 1 aliphatic heterocycles. The summed E-state index contributed by atoms with van der Waals surface area (Å²) in [6.07, 6.45) is 6.27. The van der Waals surface area contributed by atoms with Gasteiger partial charge in [-0.1, -0.05) is 109 Å². The fraction of sp³-hybridized carbons (Fsp3) is 0.0444. The third-order valence-corrected chi connectivity index (χ3v) is 10.1. The zero-order valence-electron chi connectivity index (χ0n) is 27.2. The fourth-order valence-corrected chi connectivity index (χ4v) is 7.79. The van der Waals surface area contributed by atoms with Gasteiger partial charge in [0.05, 0.1) is 11.5 Å². The van der Waals surface area contributed by atoms with Gasteiger partial charge in [0.2, 0.25) is 0 Å². The van der Waals surface area contributed by atoms with Crippen LogP contribution in [-0.4, -0.2) is 21.1 Å². The number of fused-ring (bicyclic) bond motifs is 9. The minimum absolute atomic E-state index is 0.0389. The van der Waals surface area contributed by atoms with Crippen LogP contribution in [0.15, 0.2) is 161 Å². The second-order valence-corrected chi connectivity index (χ2v) is 13.1. The summed E-state index contributed by atoms with van der Waals surface area (Å²) in [5.41, 5.74) is 9.26. The molecule has 0 bridgehead atoms. The molecule has 6 aromatic carbocycles. The van der Waals surface area contributed by atoms with Gasteiger partial charge >= 0.3 is 0 Å². The normalized spacial score (nSPS) is 16.4. The van der Waals surface area contributed by atoms with Crippen LogP contribution in [0.4, 0.5) is 0 Å². The van der Waals surface area contributed by atoms with Crippen LogP contribution >= 0.6 is 0 Å². The first-order chi connectivity index (χ1) is 25.3. The van der Waals surface area contributed by atoms with Crippen molar-refractivity contribution in [3.63, 3.8) is 0 Å². The van der Waals surface area contributed by atoms with Crippen LogP contribution < -0.4 is 4.74 Å². The van der Waals surface area contributed by atoms with E-state index in [0.29, 0.717) is 17.5 Å². The van der Waals surface area contributed by atoms with E-state index in [-0.39, 0.29) is 12.0 Å². The van der Waals surface area contributed by atoms with Crippen LogP contribution in [-0.2, 0) is 0 Å². The van der Waals surface area contributed by atoms with Crippen LogP contribution in [0.3, 0.4) is 0 Å². The van der Waals surface area contributed by atoms with Crippen LogP contribution in [0.2, 0.25) is 0 Å². The number of hydrogen-bond acceptors (Lipinski definition) is 6. The quantitative estimate of drug-likeness (QED) is 0.187. The van der Waals surface area contributed by atoms with E-state index < -0.39 is 0 Å². The van der Waals surface area contributed by atoms with Crippen molar-refractivity contribution in [1.82, 2.24) is 15.0 Å². The molecule has 0 fully saturated rings. The van der Waals surface area contributed by atoms with Crippen molar-refractivity contribution < 1.29 is 13.6 Å². The van der Waals surface area contributed by atoms with Crippen LogP contribution in [0.1, 0.15) is 17.0 Å². The average Bonchev–Trinajstić information content (AvgIpc) is 3.89. The maximum absolute atomic E-state index is 6.56. The van der Waals surface area contributed by atoms with Gasteiger partial charge in [-0.15, -0.1) is 0 Å². The molecule has 0 saturated carbocycles. The molecule has 3 aromatic heterocycles. The second kappa shape index (κ2) is 10.9. The zero-order valence-corrected chi connectivity index (χ0v) is 27.2. The fourth-order valence-electron chi connectivity index (χ4n) is 7.79. The Balaban J connectivity index is 1.07. The standard InChI is InChI=1S/C45H27N3O3/c1-2-11-26(12-3-1)43-46-44(48-45(47-43)34-19-9-17-32-29-14-5-7-21-37(29)51-42(32)34)27-23-24-38-35(25-27)40-30(15-10-22-39(40)49-38)33-18-8-16-31-28-13-4-6-20-36(28)50-41(31)33/h1-25,39-40H. The van der Waals surface area contributed by atoms with Crippen molar-refractivity contribution in [1.29, 1.82) is 0 Å². The third kappa shape index (κ3) is 4.33. The zero-order chi connectivity index (χ0) is 33.5. The summed E-state index contributed by atoms with van der Waals surface area (Å²) in [6, 6.07) is 45.1. The minimum atomic E-state index is -0.144. The van der Waals surface area contributed by atoms with E-state index >= 15 is 0 Å². The Kier molecular flexibility index (Phi) is 5.98. The number of furan rings is 2. The molecule has 6 nitrogen and oxygen atoms in total. The van der Waals surface area contributed by atoms with E-state index in [0.717, 1.165) is 83.0 Å². The summed E-state index contributed by atoms with van der Waals surface area (Å²) in [7, 11) is 0. The number of ether oxygens (including phenoxy) is 1. The molecule has 6 heteroatoms. The van der Waals surface area contributed by atoms with E-state index in [1.807, 2.05) is 84.9 Å². The predicted molar refractivity (Wildman–Crippen MR) is 201 cm³/mol. The van der Waals surface area contributed by atoms with Crippen molar-refractivity contribution >= 4 is 49.5 Å². The van der Waals surface area contributed by atoms with Crippen LogP contribution in [0.5, 0.6) is 5.75 Å². The topological polar surface area (TPSA) is 74.2 Å². The monoisotopic (exact) mass is 657 g/mol. The molecule has 9 aromatic rings. The van der Waals surface area contributed by atoms with Gasteiger partial charge in [0.15, 0.2) is 17.5 Å². The number of rotatable bonds is 4. The van der Waals surface area contributed by atoms with Gasteiger partial charge in [0.1, 0.15) is 34.2 Å². The van der Waals surface area contributed by atoms with Crippen LogP contribution in [0, 0.1) is 0 Å². The maximum atomic E-state index is 6.56. The Hall–Kier alpha value is -6.79. The summed E-state index contributed by atoms with van der Waals surface area (Å²) in [5.74, 6) is 2.54. The second-order valence-electron chi connectivity index (χ2n) is 13.1. The van der Waals surface area contributed by atoms with Crippen LogP contribution in [0.25, 0.3) is 83.6 Å². The highest BCUT2D eigenvalue weighted by Gasteiger charge is 2.38. The lowest BCUT2D eigenvalue weighted by Gasteiger charge is -2.23. The van der Waals surface area contributed by atoms with Gasteiger partial charge in [0, 0.05) is 43.8 Å². The van der Waals surface area contributed by atoms with E-state index in [1.54, 1.807) is 0 Å². The molecule has 51 heavy (non-hydrogen) atoms. The molecule has 11 rings (SSSR count). The summed E-state index contributed by atoms with van der Waals surface area (Å²) in [6.45, 7) is 0. The molecule has 4 heterocycles. The number of hydrogen-bond donors (Lipinski definition) is 0. The first kappa shape index (κ1) is 28.1. The number of aromatic nitrogens is 3. The first-order valence-electron chi connectivity index (χ1n) is 17.1. The van der Waals surface area contributed by atoms with Crippen molar-refractivity contribution in [2.24, 2.45) is 0 Å². The van der Waals surface area contributed by atoms with Crippen molar-refractivity contribution in [2.75, 3.05) is 0 Å². The van der Waals surface area contributed by atoms with E-state index in [1.165, 1.54) is 0 Å². The third-order valence-electron chi connectivity index (χ3n) is 10.1. The van der Waals surface area contributed by atoms with Gasteiger partial charge in [0.25, 0.3) is 0 Å². The highest BCUT2D eigenvalue weighted by molar-refractivity contribution is 6.10. The van der Waals surface area contributed by atoms with Gasteiger partial charge in [-0.05, 0) is 48.0 Å². The number of nitrogens with zero attached hydrogens (tertiary/aromatic N) is 3. The van der Waals surface area contributed by atoms with Gasteiger partial charge < -0.3 is 13.6 Å².